The van der Waals surface area contributed by atoms with Crippen molar-refractivity contribution >= 4 is 35.6 Å². The van der Waals surface area contributed by atoms with Gasteiger partial charge in [-0.1, -0.05) is 18.2 Å². The lowest BCUT2D eigenvalue weighted by molar-refractivity contribution is 0.415. The number of benzene rings is 2. The van der Waals surface area contributed by atoms with Gasteiger partial charge in [-0.3, -0.25) is 0 Å². The van der Waals surface area contributed by atoms with Crippen molar-refractivity contribution in [2.45, 2.75) is 6.04 Å². The van der Waals surface area contributed by atoms with Crippen LogP contribution in [0.3, 0.4) is 0 Å². The fourth-order valence-electron chi connectivity index (χ4n) is 2.48. The zero-order valence-corrected chi connectivity index (χ0v) is 13.0. The third-order valence-corrected chi connectivity index (χ3v) is 3.51. The van der Waals surface area contributed by atoms with Crippen LogP contribution >= 0.6 is 24.8 Å². The molecule has 110 valence electrons. The van der Waals surface area contributed by atoms with Gasteiger partial charge in [-0.2, -0.15) is 0 Å². The minimum Gasteiger partial charge on any atom is -0.497 e. The fourth-order valence-corrected chi connectivity index (χ4v) is 2.48. The van der Waals surface area contributed by atoms with Crippen molar-refractivity contribution in [3.63, 3.8) is 0 Å². The van der Waals surface area contributed by atoms with Crippen LogP contribution < -0.4 is 15.4 Å². The first-order valence-electron chi connectivity index (χ1n) is 6.38. The molecule has 0 radical (unpaired) electrons. The van der Waals surface area contributed by atoms with E-state index in [9.17, 15) is 0 Å². The Morgan fingerprint density at radius 3 is 2.45 bits per heavy atom. The number of fused-ring (bicyclic) bond motifs is 1. The molecule has 1 atom stereocenters. The summed E-state index contributed by atoms with van der Waals surface area (Å²) < 4.78 is 5.25. The van der Waals surface area contributed by atoms with Crippen LogP contribution in [0.4, 0.5) is 0 Å². The molecule has 0 saturated carbocycles. The molecule has 20 heavy (non-hydrogen) atoms. The van der Waals surface area contributed by atoms with Crippen LogP contribution in [-0.2, 0) is 0 Å². The van der Waals surface area contributed by atoms with Crippen LogP contribution in [0.25, 0.3) is 10.8 Å². The average Bonchev–Trinajstić information content (AvgIpc) is 2.47. The van der Waals surface area contributed by atoms with Gasteiger partial charge in [0.2, 0.25) is 0 Å². The lowest BCUT2D eigenvalue weighted by Gasteiger charge is -2.25. The highest BCUT2D eigenvalue weighted by atomic mass is 35.5. The maximum Gasteiger partial charge on any atom is 0.119 e. The number of rotatable bonds is 2. The highest BCUT2D eigenvalue weighted by Gasteiger charge is 2.14. The quantitative estimate of drug-likeness (QED) is 0.894. The molecule has 3 rings (SSSR count). The van der Waals surface area contributed by atoms with E-state index < -0.39 is 0 Å². The third kappa shape index (κ3) is 3.55. The Balaban J connectivity index is 0.000001000. The van der Waals surface area contributed by atoms with Gasteiger partial charge >= 0.3 is 0 Å². The number of methoxy groups -OCH3 is 1. The Hall–Kier alpha value is -1.000. The number of ether oxygens (including phenoxy) is 1. The van der Waals surface area contributed by atoms with Crippen LogP contribution in [0, 0.1) is 0 Å². The van der Waals surface area contributed by atoms with E-state index in [2.05, 4.69) is 41.0 Å². The maximum atomic E-state index is 5.25. The molecule has 0 amide bonds. The standard InChI is InChI=1S/C15H18N2O.2ClH/c1-18-14-5-4-11-8-13(3-2-12(11)9-14)15-10-16-6-7-17-15;;/h2-5,8-9,15-17H,6-7,10H2,1H3;2*1H/t15-;;/m0../s1. The van der Waals surface area contributed by atoms with E-state index in [1.54, 1.807) is 7.11 Å². The number of piperazine rings is 1. The first-order chi connectivity index (χ1) is 8.86. The van der Waals surface area contributed by atoms with Crippen LogP contribution in [0.1, 0.15) is 11.6 Å². The van der Waals surface area contributed by atoms with Gasteiger partial charge in [-0.25, -0.2) is 0 Å². The Labute approximate surface area is 131 Å². The molecule has 1 fully saturated rings. The summed E-state index contributed by atoms with van der Waals surface area (Å²) in [5.41, 5.74) is 1.35. The fraction of sp³-hybridized carbons (Fsp3) is 0.333. The van der Waals surface area contributed by atoms with Crippen LogP contribution in [0.2, 0.25) is 0 Å². The van der Waals surface area contributed by atoms with Crippen LogP contribution in [-0.4, -0.2) is 26.7 Å². The van der Waals surface area contributed by atoms with Crippen molar-refractivity contribution in [3.8, 4) is 5.75 Å². The highest BCUT2D eigenvalue weighted by molar-refractivity contribution is 5.86. The van der Waals surface area contributed by atoms with E-state index in [1.807, 2.05) is 6.07 Å². The van der Waals surface area contributed by atoms with E-state index in [1.165, 1.54) is 16.3 Å². The molecule has 1 heterocycles. The summed E-state index contributed by atoms with van der Waals surface area (Å²) in [5.74, 6) is 0.910. The smallest absolute Gasteiger partial charge is 0.119 e. The van der Waals surface area contributed by atoms with Crippen LogP contribution in [0.15, 0.2) is 36.4 Å². The molecular weight excluding hydrogens is 295 g/mol. The second-order valence-corrected chi connectivity index (χ2v) is 4.68. The Bertz CT molecular complexity index is 557. The summed E-state index contributed by atoms with van der Waals surface area (Å²) in [7, 11) is 1.70. The largest absolute Gasteiger partial charge is 0.497 e. The highest BCUT2D eigenvalue weighted by Crippen LogP contribution is 2.24. The lowest BCUT2D eigenvalue weighted by atomic mass is 10.0. The van der Waals surface area contributed by atoms with E-state index in [4.69, 9.17) is 4.74 Å². The summed E-state index contributed by atoms with van der Waals surface area (Å²) in [6, 6.07) is 13.3. The number of halogens is 2. The van der Waals surface area contributed by atoms with E-state index in [0.717, 1.165) is 25.4 Å². The van der Waals surface area contributed by atoms with Gasteiger partial charge in [0.25, 0.3) is 0 Å². The summed E-state index contributed by atoms with van der Waals surface area (Å²) in [6.07, 6.45) is 0. The van der Waals surface area contributed by atoms with Crippen molar-refractivity contribution in [3.05, 3.63) is 42.0 Å². The van der Waals surface area contributed by atoms with Gasteiger partial charge in [0.1, 0.15) is 5.75 Å². The normalized spacial score (nSPS) is 17.9. The minimum absolute atomic E-state index is 0. The van der Waals surface area contributed by atoms with Gasteiger partial charge in [-0.15, -0.1) is 24.8 Å². The third-order valence-electron chi connectivity index (χ3n) is 3.51. The molecule has 0 unspecified atom stereocenters. The van der Waals surface area contributed by atoms with E-state index in [0.29, 0.717) is 6.04 Å². The molecule has 1 aliphatic heterocycles. The SMILES string of the molecule is COc1ccc2cc([C@@H]3CNCCN3)ccc2c1.Cl.Cl. The van der Waals surface area contributed by atoms with Crippen molar-refractivity contribution in [2.75, 3.05) is 26.7 Å². The topological polar surface area (TPSA) is 33.3 Å². The summed E-state index contributed by atoms with van der Waals surface area (Å²) in [5, 5.41) is 9.44. The van der Waals surface area contributed by atoms with Gasteiger partial charge in [-0.05, 0) is 34.5 Å². The van der Waals surface area contributed by atoms with Gasteiger partial charge in [0, 0.05) is 25.7 Å². The first kappa shape index (κ1) is 17.1. The Kier molecular flexibility index (Phi) is 6.56. The van der Waals surface area contributed by atoms with Crippen molar-refractivity contribution in [2.24, 2.45) is 0 Å². The zero-order valence-electron chi connectivity index (χ0n) is 11.4. The van der Waals surface area contributed by atoms with E-state index in [-0.39, 0.29) is 24.8 Å². The number of nitrogens with one attached hydrogen (secondary N) is 2. The summed E-state index contributed by atoms with van der Waals surface area (Å²) in [4.78, 5) is 0. The molecule has 2 aromatic rings. The zero-order chi connectivity index (χ0) is 12.4. The predicted octanol–water partition coefficient (Wildman–Crippen LogP) is 2.93. The molecule has 3 nitrogen and oxygen atoms in total. The number of hydrogen-bond donors (Lipinski definition) is 2. The summed E-state index contributed by atoms with van der Waals surface area (Å²) >= 11 is 0. The molecular formula is C15H20Cl2N2O. The van der Waals surface area contributed by atoms with Crippen molar-refractivity contribution < 1.29 is 4.74 Å². The van der Waals surface area contributed by atoms with Gasteiger partial charge in [0.05, 0.1) is 7.11 Å². The monoisotopic (exact) mass is 314 g/mol. The van der Waals surface area contributed by atoms with Gasteiger partial charge in [0.15, 0.2) is 0 Å². The van der Waals surface area contributed by atoms with Gasteiger partial charge < -0.3 is 15.4 Å². The Morgan fingerprint density at radius 1 is 1.00 bits per heavy atom. The molecule has 2 N–H and O–H groups in total. The Morgan fingerprint density at radius 2 is 1.75 bits per heavy atom. The minimum atomic E-state index is 0. The number of hydrogen-bond acceptors (Lipinski definition) is 3. The molecule has 2 aromatic carbocycles. The average molecular weight is 315 g/mol. The summed E-state index contributed by atoms with van der Waals surface area (Å²) in [6.45, 7) is 3.09. The van der Waals surface area contributed by atoms with Crippen LogP contribution in [0.5, 0.6) is 5.75 Å². The molecule has 5 heteroatoms. The predicted molar refractivity (Wildman–Crippen MR) is 88.6 cm³/mol. The molecule has 1 saturated heterocycles. The first-order valence-corrected chi connectivity index (χ1v) is 6.38. The van der Waals surface area contributed by atoms with Crippen molar-refractivity contribution in [1.82, 2.24) is 10.6 Å². The lowest BCUT2D eigenvalue weighted by Crippen LogP contribution is -2.42. The molecule has 0 aromatic heterocycles. The second kappa shape index (κ2) is 7.70. The maximum absolute atomic E-state index is 5.25. The second-order valence-electron chi connectivity index (χ2n) is 4.68. The molecule has 1 aliphatic rings. The van der Waals surface area contributed by atoms with E-state index >= 15 is 0 Å². The molecule has 0 bridgehead atoms. The molecule has 0 spiro atoms. The van der Waals surface area contributed by atoms with Crippen molar-refractivity contribution in [1.29, 1.82) is 0 Å². The molecule has 0 aliphatic carbocycles.